The molecule has 0 aliphatic carbocycles. The maximum Gasteiger partial charge on any atom is 0.324 e. The van der Waals surface area contributed by atoms with Gasteiger partial charge < -0.3 is 5.32 Å². The average molecular weight is 287 g/mol. The molecule has 20 heavy (non-hydrogen) atoms. The van der Waals surface area contributed by atoms with Crippen molar-refractivity contribution >= 4 is 23.3 Å². The van der Waals surface area contributed by atoms with Crippen molar-refractivity contribution in [3.05, 3.63) is 52.0 Å². The standard InChI is InChI=1S/C14H13N3O2S/c18-13-7-15-14(19)17(13)8-11-9-20-12(16-11)6-10-4-2-1-3-5-10/h1-5,9H,6-8H2,(H,15,19). The fraction of sp³-hybridized carbons (Fsp3) is 0.214. The summed E-state index contributed by atoms with van der Waals surface area (Å²) in [7, 11) is 0. The average Bonchev–Trinajstić information content (AvgIpc) is 3.02. The van der Waals surface area contributed by atoms with Crippen LogP contribution in [0.4, 0.5) is 4.79 Å². The van der Waals surface area contributed by atoms with Gasteiger partial charge in [0.2, 0.25) is 5.91 Å². The summed E-state index contributed by atoms with van der Waals surface area (Å²) < 4.78 is 0. The van der Waals surface area contributed by atoms with E-state index in [2.05, 4.69) is 22.4 Å². The molecule has 3 rings (SSSR count). The topological polar surface area (TPSA) is 62.3 Å². The Labute approximate surface area is 120 Å². The Morgan fingerprint density at radius 3 is 2.75 bits per heavy atom. The quantitative estimate of drug-likeness (QED) is 0.872. The summed E-state index contributed by atoms with van der Waals surface area (Å²) in [5.74, 6) is -0.201. The number of benzene rings is 1. The number of aromatic nitrogens is 1. The molecule has 3 amide bonds. The van der Waals surface area contributed by atoms with Gasteiger partial charge in [-0.15, -0.1) is 11.3 Å². The van der Waals surface area contributed by atoms with E-state index in [1.54, 1.807) is 11.3 Å². The number of urea groups is 1. The molecule has 0 saturated carbocycles. The minimum absolute atomic E-state index is 0.0832. The number of carbonyl (C=O) groups is 2. The van der Waals surface area contributed by atoms with Crippen LogP contribution in [-0.4, -0.2) is 28.4 Å². The maximum atomic E-state index is 11.5. The summed E-state index contributed by atoms with van der Waals surface area (Å²) >= 11 is 1.55. The summed E-state index contributed by atoms with van der Waals surface area (Å²) in [6.45, 7) is 0.329. The van der Waals surface area contributed by atoms with Gasteiger partial charge in [-0.1, -0.05) is 30.3 Å². The van der Waals surface area contributed by atoms with E-state index >= 15 is 0 Å². The van der Waals surface area contributed by atoms with Gasteiger partial charge in [-0.05, 0) is 5.56 Å². The highest BCUT2D eigenvalue weighted by Gasteiger charge is 2.28. The van der Waals surface area contributed by atoms with Crippen molar-refractivity contribution in [3.63, 3.8) is 0 Å². The van der Waals surface area contributed by atoms with Crippen molar-refractivity contribution in [2.45, 2.75) is 13.0 Å². The van der Waals surface area contributed by atoms with Gasteiger partial charge >= 0.3 is 6.03 Å². The predicted molar refractivity (Wildman–Crippen MR) is 75.3 cm³/mol. The van der Waals surface area contributed by atoms with Crippen LogP contribution in [0.1, 0.15) is 16.3 Å². The first kappa shape index (κ1) is 12.8. The lowest BCUT2D eigenvalue weighted by Crippen LogP contribution is -2.30. The normalized spacial score (nSPS) is 14.7. The Hall–Kier alpha value is -2.21. The molecular formula is C14H13N3O2S. The predicted octanol–water partition coefficient (Wildman–Crippen LogP) is 1.79. The summed E-state index contributed by atoms with van der Waals surface area (Å²) in [4.78, 5) is 28.6. The number of hydrogen-bond donors (Lipinski definition) is 1. The smallest absolute Gasteiger partial charge is 0.324 e. The number of imide groups is 1. The first-order valence-electron chi connectivity index (χ1n) is 6.28. The van der Waals surface area contributed by atoms with E-state index in [1.807, 2.05) is 23.6 Å². The fourth-order valence-electron chi connectivity index (χ4n) is 2.05. The van der Waals surface area contributed by atoms with E-state index < -0.39 is 0 Å². The van der Waals surface area contributed by atoms with Crippen molar-refractivity contribution in [3.8, 4) is 0 Å². The summed E-state index contributed by atoms with van der Waals surface area (Å²) in [5.41, 5.74) is 1.95. The summed E-state index contributed by atoms with van der Waals surface area (Å²) in [6, 6.07) is 9.74. The number of amides is 3. The third kappa shape index (κ3) is 2.70. The third-order valence-corrected chi connectivity index (χ3v) is 3.95. The van der Waals surface area contributed by atoms with Gasteiger partial charge in [0.1, 0.15) is 0 Å². The van der Waals surface area contributed by atoms with Gasteiger partial charge in [0, 0.05) is 11.8 Å². The van der Waals surface area contributed by atoms with Crippen molar-refractivity contribution in [2.24, 2.45) is 0 Å². The van der Waals surface area contributed by atoms with E-state index in [9.17, 15) is 9.59 Å². The third-order valence-electron chi connectivity index (χ3n) is 3.05. The Morgan fingerprint density at radius 2 is 2.05 bits per heavy atom. The number of nitrogens with one attached hydrogen (secondary N) is 1. The molecule has 1 aromatic heterocycles. The van der Waals surface area contributed by atoms with E-state index in [1.165, 1.54) is 10.5 Å². The molecule has 1 aromatic carbocycles. The molecule has 1 N–H and O–H groups in total. The molecule has 1 aliphatic heterocycles. The zero-order valence-corrected chi connectivity index (χ0v) is 11.5. The highest BCUT2D eigenvalue weighted by Crippen LogP contribution is 2.16. The number of thiazole rings is 1. The molecule has 0 bridgehead atoms. The van der Waals surface area contributed by atoms with Crippen molar-refractivity contribution < 1.29 is 9.59 Å². The zero-order chi connectivity index (χ0) is 13.9. The monoisotopic (exact) mass is 287 g/mol. The van der Waals surface area contributed by atoms with Crippen molar-refractivity contribution in [2.75, 3.05) is 6.54 Å². The van der Waals surface area contributed by atoms with Gasteiger partial charge in [-0.3, -0.25) is 9.69 Å². The van der Waals surface area contributed by atoms with Gasteiger partial charge in [0.25, 0.3) is 0 Å². The Kier molecular flexibility index (Phi) is 3.47. The molecule has 1 fully saturated rings. The molecule has 6 heteroatoms. The van der Waals surface area contributed by atoms with Crippen LogP contribution < -0.4 is 5.32 Å². The van der Waals surface area contributed by atoms with Crippen LogP contribution in [0, 0.1) is 0 Å². The number of hydrogen-bond acceptors (Lipinski definition) is 4. The van der Waals surface area contributed by atoms with Gasteiger partial charge in [-0.25, -0.2) is 9.78 Å². The van der Waals surface area contributed by atoms with Crippen molar-refractivity contribution in [1.29, 1.82) is 0 Å². The highest BCUT2D eigenvalue weighted by molar-refractivity contribution is 7.09. The fourth-order valence-corrected chi connectivity index (χ4v) is 2.87. The SMILES string of the molecule is O=C1CNC(=O)N1Cc1csc(Cc2ccccc2)n1. The Balaban J connectivity index is 1.68. The molecule has 0 radical (unpaired) electrons. The molecule has 0 spiro atoms. The molecule has 1 aliphatic rings. The Bertz CT molecular complexity index is 623. The first-order chi connectivity index (χ1) is 9.72. The van der Waals surface area contributed by atoms with Crippen LogP contribution in [0.5, 0.6) is 0 Å². The molecule has 0 unspecified atom stereocenters. The van der Waals surface area contributed by atoms with E-state index in [-0.39, 0.29) is 25.0 Å². The highest BCUT2D eigenvalue weighted by atomic mass is 32.1. The lowest BCUT2D eigenvalue weighted by atomic mass is 10.2. The summed E-state index contributed by atoms with van der Waals surface area (Å²) in [6.07, 6.45) is 0.769. The molecule has 2 aromatic rings. The number of carbonyl (C=O) groups excluding carboxylic acids is 2. The van der Waals surface area contributed by atoms with Crippen LogP contribution in [0.15, 0.2) is 35.7 Å². The van der Waals surface area contributed by atoms with Crippen molar-refractivity contribution in [1.82, 2.24) is 15.2 Å². The number of rotatable bonds is 4. The second kappa shape index (κ2) is 5.42. The van der Waals surface area contributed by atoms with Crippen LogP contribution >= 0.6 is 11.3 Å². The van der Waals surface area contributed by atoms with Crippen LogP contribution in [-0.2, 0) is 17.8 Å². The van der Waals surface area contributed by atoms with Gasteiger partial charge in [0.05, 0.1) is 23.8 Å². The number of nitrogens with zero attached hydrogens (tertiary/aromatic N) is 2. The largest absolute Gasteiger partial charge is 0.329 e. The van der Waals surface area contributed by atoms with E-state index in [0.717, 1.165) is 17.1 Å². The second-order valence-electron chi connectivity index (χ2n) is 4.53. The molecule has 1 saturated heterocycles. The minimum atomic E-state index is -0.340. The van der Waals surface area contributed by atoms with E-state index in [0.29, 0.717) is 0 Å². The first-order valence-corrected chi connectivity index (χ1v) is 7.16. The molecule has 102 valence electrons. The Morgan fingerprint density at radius 1 is 1.25 bits per heavy atom. The van der Waals surface area contributed by atoms with E-state index in [4.69, 9.17) is 0 Å². The zero-order valence-electron chi connectivity index (χ0n) is 10.7. The lowest BCUT2D eigenvalue weighted by molar-refractivity contribution is -0.125. The van der Waals surface area contributed by atoms with Crippen LogP contribution in [0.2, 0.25) is 0 Å². The molecule has 2 heterocycles. The lowest BCUT2D eigenvalue weighted by Gasteiger charge is -2.09. The van der Waals surface area contributed by atoms with Gasteiger partial charge in [-0.2, -0.15) is 0 Å². The summed E-state index contributed by atoms with van der Waals surface area (Å²) in [5, 5.41) is 5.38. The minimum Gasteiger partial charge on any atom is -0.329 e. The molecular weight excluding hydrogens is 274 g/mol. The molecule has 5 nitrogen and oxygen atoms in total. The van der Waals surface area contributed by atoms with Crippen LogP contribution in [0.25, 0.3) is 0 Å². The molecule has 0 atom stereocenters. The second-order valence-corrected chi connectivity index (χ2v) is 5.48. The van der Waals surface area contributed by atoms with Crippen LogP contribution in [0.3, 0.4) is 0 Å². The van der Waals surface area contributed by atoms with Gasteiger partial charge in [0.15, 0.2) is 0 Å². The maximum absolute atomic E-state index is 11.5.